The maximum absolute atomic E-state index is 11.1. The van der Waals surface area contributed by atoms with Crippen LogP contribution in [0.2, 0.25) is 0 Å². The minimum absolute atomic E-state index is 0.0125. The number of benzene rings is 1. The number of ketones is 1. The van der Waals surface area contributed by atoms with Gasteiger partial charge in [0.25, 0.3) is 0 Å². The molecule has 1 aromatic carbocycles. The molecule has 0 heterocycles. The maximum atomic E-state index is 11.1. The van der Waals surface area contributed by atoms with E-state index in [1.54, 1.807) is 18.2 Å². The lowest BCUT2D eigenvalue weighted by Crippen LogP contribution is -2.09. The fourth-order valence-corrected chi connectivity index (χ4v) is 1.46. The second-order valence-electron chi connectivity index (χ2n) is 3.09. The van der Waals surface area contributed by atoms with Crippen LogP contribution in [0.4, 0.5) is 5.69 Å². The zero-order chi connectivity index (χ0) is 9.42. The van der Waals surface area contributed by atoms with Crippen molar-refractivity contribution in [3.05, 3.63) is 35.4 Å². The summed E-state index contributed by atoms with van der Waals surface area (Å²) in [6.45, 7) is 0. The molecule has 1 aliphatic rings. The average Bonchev–Trinajstić information content (AvgIpc) is 2.06. The van der Waals surface area contributed by atoms with Gasteiger partial charge in [-0.2, -0.15) is 0 Å². The molecular weight excluding hydrogens is 166 g/mol. The lowest BCUT2D eigenvalue weighted by molar-refractivity contribution is -0.114. The summed E-state index contributed by atoms with van der Waals surface area (Å²) < 4.78 is 0. The molecule has 0 aromatic heterocycles. The largest absolute Gasteiger partial charge is 0.507 e. The molecule has 1 aromatic rings. The Morgan fingerprint density at radius 2 is 2.15 bits per heavy atom. The highest BCUT2D eigenvalue weighted by molar-refractivity contribution is 6.00. The van der Waals surface area contributed by atoms with E-state index >= 15 is 0 Å². The van der Waals surface area contributed by atoms with Gasteiger partial charge in [0.1, 0.15) is 5.76 Å². The molecule has 3 nitrogen and oxygen atoms in total. The van der Waals surface area contributed by atoms with Crippen molar-refractivity contribution >= 4 is 17.2 Å². The number of hydrogen-bond acceptors (Lipinski definition) is 3. The van der Waals surface area contributed by atoms with Gasteiger partial charge in [0.05, 0.1) is 0 Å². The Morgan fingerprint density at radius 1 is 1.38 bits per heavy atom. The first-order chi connectivity index (χ1) is 6.16. The molecule has 0 radical (unpaired) electrons. The third-order valence-electron chi connectivity index (χ3n) is 2.07. The average molecular weight is 175 g/mol. The van der Waals surface area contributed by atoms with Crippen LogP contribution in [0.1, 0.15) is 11.1 Å². The Morgan fingerprint density at radius 3 is 2.92 bits per heavy atom. The number of rotatable bonds is 0. The van der Waals surface area contributed by atoms with E-state index in [1.165, 1.54) is 6.08 Å². The van der Waals surface area contributed by atoms with Gasteiger partial charge in [-0.15, -0.1) is 0 Å². The first kappa shape index (κ1) is 7.86. The molecule has 0 amide bonds. The molecule has 0 aliphatic heterocycles. The molecule has 0 saturated heterocycles. The van der Waals surface area contributed by atoms with E-state index < -0.39 is 0 Å². The standard InChI is InChI=1S/C10H9NO2/c11-7-2-1-6-3-8(12)5-10(13)9(6)4-7/h1-2,4-5,13H,3,11H2. The van der Waals surface area contributed by atoms with Crippen LogP contribution in [0.3, 0.4) is 0 Å². The van der Waals surface area contributed by atoms with E-state index in [1.807, 2.05) is 0 Å². The summed E-state index contributed by atoms with van der Waals surface area (Å²) in [5, 5.41) is 9.44. The Hall–Kier alpha value is -1.77. The van der Waals surface area contributed by atoms with E-state index in [9.17, 15) is 9.90 Å². The number of carbonyl (C=O) groups excluding carboxylic acids is 1. The predicted octanol–water partition coefficient (Wildman–Crippen LogP) is 1.29. The topological polar surface area (TPSA) is 63.3 Å². The van der Waals surface area contributed by atoms with Gasteiger partial charge in [0.15, 0.2) is 5.78 Å². The van der Waals surface area contributed by atoms with Gasteiger partial charge in [-0.25, -0.2) is 0 Å². The van der Waals surface area contributed by atoms with Crippen molar-refractivity contribution in [1.82, 2.24) is 0 Å². The normalized spacial score (nSPS) is 15.1. The number of aliphatic hydroxyl groups is 1. The summed E-state index contributed by atoms with van der Waals surface area (Å²) in [5.74, 6) is -0.0617. The third-order valence-corrected chi connectivity index (χ3v) is 2.07. The van der Waals surface area contributed by atoms with Crippen LogP contribution in [0.5, 0.6) is 0 Å². The van der Waals surface area contributed by atoms with E-state index in [4.69, 9.17) is 5.73 Å². The zero-order valence-corrected chi connectivity index (χ0v) is 6.95. The van der Waals surface area contributed by atoms with Gasteiger partial charge in [-0.1, -0.05) is 6.07 Å². The summed E-state index contributed by atoms with van der Waals surface area (Å²) >= 11 is 0. The fraction of sp³-hybridized carbons (Fsp3) is 0.100. The van der Waals surface area contributed by atoms with Crippen LogP contribution in [0.25, 0.3) is 5.76 Å². The number of nitrogens with two attached hydrogens (primary N) is 1. The van der Waals surface area contributed by atoms with Crippen LogP contribution in [0, 0.1) is 0 Å². The van der Waals surface area contributed by atoms with Crippen LogP contribution < -0.4 is 5.73 Å². The van der Waals surface area contributed by atoms with Gasteiger partial charge >= 0.3 is 0 Å². The summed E-state index contributed by atoms with van der Waals surface area (Å²) in [6, 6.07) is 5.17. The molecule has 3 heteroatoms. The van der Waals surface area contributed by atoms with E-state index in [0.29, 0.717) is 17.7 Å². The zero-order valence-electron chi connectivity index (χ0n) is 6.95. The minimum Gasteiger partial charge on any atom is -0.507 e. The van der Waals surface area contributed by atoms with Crippen molar-refractivity contribution in [2.45, 2.75) is 6.42 Å². The Labute approximate surface area is 75.5 Å². The number of fused-ring (bicyclic) bond motifs is 1. The lowest BCUT2D eigenvalue weighted by Gasteiger charge is -2.12. The summed E-state index contributed by atoms with van der Waals surface area (Å²) in [4.78, 5) is 11.1. The second-order valence-corrected chi connectivity index (χ2v) is 3.09. The highest BCUT2D eigenvalue weighted by Crippen LogP contribution is 2.24. The molecule has 3 N–H and O–H groups in total. The summed E-state index contributed by atoms with van der Waals surface area (Å²) in [6.07, 6.45) is 1.58. The molecule has 0 fully saturated rings. The monoisotopic (exact) mass is 175 g/mol. The number of hydrogen-bond donors (Lipinski definition) is 2. The number of anilines is 1. The van der Waals surface area contributed by atoms with Crippen molar-refractivity contribution in [1.29, 1.82) is 0 Å². The van der Waals surface area contributed by atoms with Crippen LogP contribution in [-0.4, -0.2) is 10.9 Å². The fourth-order valence-electron chi connectivity index (χ4n) is 1.46. The molecule has 13 heavy (non-hydrogen) atoms. The van der Waals surface area contributed by atoms with Crippen LogP contribution in [-0.2, 0) is 11.2 Å². The smallest absolute Gasteiger partial charge is 0.163 e. The van der Waals surface area contributed by atoms with E-state index in [0.717, 1.165) is 5.56 Å². The quantitative estimate of drug-likeness (QED) is 0.584. The number of allylic oxidation sites excluding steroid dienone is 1. The molecule has 0 unspecified atom stereocenters. The first-order valence-electron chi connectivity index (χ1n) is 3.99. The van der Waals surface area contributed by atoms with E-state index in [-0.39, 0.29) is 11.5 Å². The van der Waals surface area contributed by atoms with E-state index in [2.05, 4.69) is 0 Å². The third kappa shape index (κ3) is 1.28. The van der Waals surface area contributed by atoms with Gasteiger partial charge in [-0.05, 0) is 17.7 Å². The maximum Gasteiger partial charge on any atom is 0.163 e. The van der Waals surface area contributed by atoms with Crippen LogP contribution >= 0.6 is 0 Å². The van der Waals surface area contributed by atoms with Gasteiger partial charge in [0.2, 0.25) is 0 Å². The van der Waals surface area contributed by atoms with Crippen LogP contribution in [0.15, 0.2) is 24.3 Å². The van der Waals surface area contributed by atoms with Gasteiger partial charge in [0, 0.05) is 23.7 Å². The highest BCUT2D eigenvalue weighted by Gasteiger charge is 2.16. The molecule has 0 bridgehead atoms. The van der Waals surface area contributed by atoms with Gasteiger partial charge in [-0.3, -0.25) is 4.79 Å². The first-order valence-corrected chi connectivity index (χ1v) is 3.99. The predicted molar refractivity (Wildman–Crippen MR) is 50.2 cm³/mol. The lowest BCUT2D eigenvalue weighted by atomic mass is 9.95. The minimum atomic E-state index is -0.0743. The number of aliphatic hydroxyl groups excluding tert-OH is 1. The van der Waals surface area contributed by atoms with Crippen molar-refractivity contribution in [2.24, 2.45) is 0 Å². The summed E-state index contributed by atoms with van der Waals surface area (Å²) in [7, 11) is 0. The SMILES string of the molecule is Nc1ccc2c(c1)C(O)=CC(=O)C2. The van der Waals surface area contributed by atoms with Crippen molar-refractivity contribution in [3.8, 4) is 0 Å². The Kier molecular flexibility index (Phi) is 1.59. The Balaban J connectivity index is 2.60. The van der Waals surface area contributed by atoms with Crippen molar-refractivity contribution in [3.63, 3.8) is 0 Å². The summed E-state index contributed by atoms with van der Waals surface area (Å²) in [5.41, 5.74) is 7.65. The number of nitrogen functional groups attached to an aromatic ring is 1. The highest BCUT2D eigenvalue weighted by atomic mass is 16.3. The van der Waals surface area contributed by atoms with Crippen molar-refractivity contribution < 1.29 is 9.90 Å². The van der Waals surface area contributed by atoms with Crippen molar-refractivity contribution in [2.75, 3.05) is 5.73 Å². The van der Waals surface area contributed by atoms with Gasteiger partial charge < -0.3 is 10.8 Å². The molecular formula is C10H9NO2. The Bertz CT molecular complexity index is 407. The second kappa shape index (κ2) is 2.62. The molecule has 0 saturated carbocycles. The molecule has 2 rings (SSSR count). The molecule has 1 aliphatic carbocycles. The number of carbonyl (C=O) groups is 1. The molecule has 0 atom stereocenters. The molecule has 66 valence electrons. The molecule has 0 spiro atoms.